The highest BCUT2D eigenvalue weighted by Crippen LogP contribution is 2.25. The molecule has 0 aliphatic carbocycles. The Morgan fingerprint density at radius 1 is 1.38 bits per heavy atom. The number of likely N-dealkylation sites (N-methyl/N-ethyl adjacent to an activating group) is 2. The Morgan fingerprint density at radius 2 is 2.17 bits per heavy atom. The van der Waals surface area contributed by atoms with Crippen LogP contribution in [0.4, 0.5) is 5.69 Å². The van der Waals surface area contributed by atoms with Crippen LogP contribution >= 0.6 is 0 Å². The predicted octanol–water partition coefficient (Wildman–Crippen LogP) is 2.03. The lowest BCUT2D eigenvalue weighted by atomic mass is 10.0. The van der Waals surface area contributed by atoms with Crippen LogP contribution in [0.2, 0.25) is 0 Å². The molecule has 2 aromatic rings. The van der Waals surface area contributed by atoms with Gasteiger partial charge in [-0.25, -0.2) is 0 Å². The van der Waals surface area contributed by atoms with E-state index in [1.807, 2.05) is 43.1 Å². The number of nitrogens with zero attached hydrogens (tertiary/aromatic N) is 3. The fraction of sp³-hybridized carbons (Fsp3) is 0.409. The zero-order chi connectivity index (χ0) is 20.6. The second-order valence-electron chi connectivity index (χ2n) is 7.16. The molecule has 1 aliphatic heterocycles. The molecule has 1 atom stereocenters. The summed E-state index contributed by atoms with van der Waals surface area (Å²) in [6.45, 7) is 4.79. The summed E-state index contributed by atoms with van der Waals surface area (Å²) < 4.78 is 0. The Kier molecular flexibility index (Phi) is 7.19. The number of nitrogens with one attached hydrogen (secondary N) is 2. The van der Waals surface area contributed by atoms with Crippen molar-refractivity contribution in [3.8, 4) is 11.1 Å². The van der Waals surface area contributed by atoms with E-state index in [1.54, 1.807) is 24.7 Å². The van der Waals surface area contributed by atoms with Gasteiger partial charge in [0.1, 0.15) is 5.69 Å². The Morgan fingerprint density at radius 3 is 2.90 bits per heavy atom. The van der Waals surface area contributed by atoms with Crippen molar-refractivity contribution < 1.29 is 4.79 Å². The highest BCUT2D eigenvalue weighted by Gasteiger charge is 2.28. The fourth-order valence-corrected chi connectivity index (χ4v) is 3.81. The molecule has 3 rings (SSSR count). The molecule has 29 heavy (non-hydrogen) atoms. The van der Waals surface area contributed by atoms with Gasteiger partial charge in [-0.2, -0.15) is 0 Å². The van der Waals surface area contributed by atoms with E-state index >= 15 is 0 Å². The number of likely N-dealkylation sites (tertiary alicyclic amines) is 1. The lowest BCUT2D eigenvalue weighted by Crippen LogP contribution is -2.50. The van der Waals surface area contributed by atoms with Gasteiger partial charge in [-0.05, 0) is 50.6 Å². The van der Waals surface area contributed by atoms with E-state index in [0.717, 1.165) is 30.5 Å². The monoisotopic (exact) mass is 395 g/mol. The maximum atomic E-state index is 12.6. The maximum absolute atomic E-state index is 12.6. The third-order valence-electron chi connectivity index (χ3n) is 5.28. The first-order valence-corrected chi connectivity index (χ1v) is 10.1. The molecule has 0 radical (unpaired) electrons. The summed E-state index contributed by atoms with van der Waals surface area (Å²) in [7, 11) is 1.85. The van der Waals surface area contributed by atoms with Gasteiger partial charge in [0.15, 0.2) is 0 Å². The molecule has 2 N–H and O–H groups in total. The summed E-state index contributed by atoms with van der Waals surface area (Å²) in [5, 5.41) is 3.00. The van der Waals surface area contributed by atoms with Gasteiger partial charge in [-0.1, -0.05) is 6.08 Å². The SMILES string of the molecule is CCN(c1cc(-c2ccncc2)c[nH]c1=O)C1CCCN(C(=O)C=CCNC)C1. The second kappa shape index (κ2) is 10.0. The largest absolute Gasteiger partial charge is 0.363 e. The maximum Gasteiger partial charge on any atom is 0.271 e. The lowest BCUT2D eigenvalue weighted by Gasteiger charge is -2.39. The number of H-pyrrole nitrogens is 1. The van der Waals surface area contributed by atoms with Gasteiger partial charge in [0.2, 0.25) is 5.91 Å². The van der Waals surface area contributed by atoms with E-state index in [1.165, 1.54) is 0 Å². The summed E-state index contributed by atoms with van der Waals surface area (Å²) in [4.78, 5) is 36.1. The molecule has 7 heteroatoms. The van der Waals surface area contributed by atoms with E-state index in [4.69, 9.17) is 0 Å². The van der Waals surface area contributed by atoms with Gasteiger partial charge in [0.25, 0.3) is 5.56 Å². The molecule has 1 amide bonds. The normalized spacial score (nSPS) is 16.9. The van der Waals surface area contributed by atoms with Crippen LogP contribution in [0.5, 0.6) is 0 Å². The summed E-state index contributed by atoms with van der Waals surface area (Å²) in [5.41, 5.74) is 2.48. The minimum absolute atomic E-state index is 0.0282. The summed E-state index contributed by atoms with van der Waals surface area (Å²) in [6.07, 6.45) is 10.6. The molecule has 154 valence electrons. The third-order valence-corrected chi connectivity index (χ3v) is 5.28. The van der Waals surface area contributed by atoms with E-state index < -0.39 is 0 Å². The van der Waals surface area contributed by atoms with Crippen LogP contribution < -0.4 is 15.8 Å². The molecule has 1 fully saturated rings. The molecule has 1 aliphatic rings. The zero-order valence-corrected chi connectivity index (χ0v) is 17.1. The Bertz CT molecular complexity index is 894. The number of amides is 1. The minimum atomic E-state index is -0.109. The number of aromatic amines is 1. The highest BCUT2D eigenvalue weighted by atomic mass is 16.2. The summed E-state index contributed by atoms with van der Waals surface area (Å²) in [5.74, 6) is 0.0282. The first kappa shape index (κ1) is 20.8. The van der Waals surface area contributed by atoms with E-state index in [9.17, 15) is 9.59 Å². The minimum Gasteiger partial charge on any atom is -0.363 e. The average Bonchev–Trinajstić information content (AvgIpc) is 2.76. The van der Waals surface area contributed by atoms with Crippen molar-refractivity contribution >= 4 is 11.6 Å². The predicted molar refractivity (Wildman–Crippen MR) is 116 cm³/mol. The van der Waals surface area contributed by atoms with Crippen LogP contribution in [0.3, 0.4) is 0 Å². The van der Waals surface area contributed by atoms with E-state index in [0.29, 0.717) is 25.3 Å². The van der Waals surface area contributed by atoms with Gasteiger partial charge in [-0.3, -0.25) is 14.6 Å². The first-order valence-electron chi connectivity index (χ1n) is 10.1. The Labute approximate surface area is 171 Å². The third kappa shape index (κ3) is 5.12. The molecule has 0 aromatic carbocycles. The van der Waals surface area contributed by atoms with Crippen molar-refractivity contribution in [1.29, 1.82) is 0 Å². The topological polar surface area (TPSA) is 81.3 Å². The number of hydrogen-bond donors (Lipinski definition) is 2. The molecule has 0 spiro atoms. The molecule has 7 nitrogen and oxygen atoms in total. The molecule has 3 heterocycles. The highest BCUT2D eigenvalue weighted by molar-refractivity contribution is 5.87. The Hall–Kier alpha value is -2.93. The number of hydrogen-bond acceptors (Lipinski definition) is 5. The van der Waals surface area contributed by atoms with E-state index in [-0.39, 0.29) is 17.5 Å². The number of aromatic nitrogens is 2. The van der Waals surface area contributed by atoms with Crippen molar-refractivity contribution in [2.24, 2.45) is 0 Å². The number of carbonyl (C=O) groups is 1. The van der Waals surface area contributed by atoms with Gasteiger partial charge >= 0.3 is 0 Å². The van der Waals surface area contributed by atoms with Crippen LogP contribution in [-0.2, 0) is 4.79 Å². The number of carbonyl (C=O) groups excluding carboxylic acids is 1. The van der Waals surface area contributed by atoms with Crippen LogP contribution in [-0.4, -0.2) is 60.0 Å². The number of anilines is 1. The standard InChI is InChI=1S/C22H29N5O2/c1-3-27(19-6-5-13-26(16-19)21(28)7-4-10-23-2)20-14-18(15-25-22(20)29)17-8-11-24-12-9-17/h4,7-9,11-12,14-15,19,23H,3,5-6,10,13,16H2,1-2H3,(H,25,29). The van der Waals surface area contributed by atoms with Gasteiger partial charge < -0.3 is 20.1 Å². The molecule has 1 unspecified atom stereocenters. The van der Waals surface area contributed by atoms with Crippen molar-refractivity contribution in [1.82, 2.24) is 20.2 Å². The van der Waals surface area contributed by atoms with Crippen LogP contribution in [0.1, 0.15) is 19.8 Å². The van der Waals surface area contributed by atoms with Gasteiger partial charge in [-0.15, -0.1) is 0 Å². The van der Waals surface area contributed by atoms with Crippen molar-refractivity contribution in [2.75, 3.05) is 38.1 Å². The Balaban J connectivity index is 1.82. The fourth-order valence-electron chi connectivity index (χ4n) is 3.81. The molecule has 1 saturated heterocycles. The van der Waals surface area contributed by atoms with Crippen molar-refractivity contribution in [3.63, 3.8) is 0 Å². The molecule has 0 saturated carbocycles. The summed E-state index contributed by atoms with van der Waals surface area (Å²) in [6, 6.07) is 5.90. The number of piperidine rings is 1. The number of pyridine rings is 2. The first-order chi connectivity index (χ1) is 14.1. The number of rotatable bonds is 7. The van der Waals surface area contributed by atoms with Crippen LogP contribution in [0.25, 0.3) is 11.1 Å². The van der Waals surface area contributed by atoms with Crippen molar-refractivity contribution in [2.45, 2.75) is 25.8 Å². The molecule has 2 aromatic heterocycles. The molecular formula is C22H29N5O2. The molecular weight excluding hydrogens is 366 g/mol. The van der Waals surface area contributed by atoms with Crippen LogP contribution in [0.15, 0.2) is 53.7 Å². The lowest BCUT2D eigenvalue weighted by molar-refractivity contribution is -0.127. The van der Waals surface area contributed by atoms with Gasteiger partial charge in [0.05, 0.1) is 0 Å². The van der Waals surface area contributed by atoms with Crippen LogP contribution in [0, 0.1) is 0 Å². The summed E-state index contributed by atoms with van der Waals surface area (Å²) >= 11 is 0. The average molecular weight is 396 g/mol. The van der Waals surface area contributed by atoms with Gasteiger partial charge in [0, 0.05) is 62.5 Å². The molecule has 0 bridgehead atoms. The second-order valence-corrected chi connectivity index (χ2v) is 7.16. The van der Waals surface area contributed by atoms with Crippen molar-refractivity contribution in [3.05, 3.63) is 59.3 Å². The quantitative estimate of drug-likeness (QED) is 0.701. The smallest absolute Gasteiger partial charge is 0.271 e. The zero-order valence-electron chi connectivity index (χ0n) is 17.1. The van der Waals surface area contributed by atoms with E-state index in [2.05, 4.69) is 20.2 Å².